The van der Waals surface area contributed by atoms with E-state index in [1.165, 1.54) is 6.92 Å². The predicted octanol–water partition coefficient (Wildman–Crippen LogP) is -3.96. The molecule has 1 atom stereocenters. The Balaban J connectivity index is 4.10. The third kappa shape index (κ3) is 4.46. The molecule has 0 amide bonds. The highest BCUT2D eigenvalue weighted by Gasteiger charge is 2.24. The number of carboxylic acids is 1. The van der Waals surface area contributed by atoms with E-state index >= 15 is 0 Å². The van der Waals surface area contributed by atoms with E-state index in [0.717, 1.165) is 0 Å². The van der Waals surface area contributed by atoms with Crippen molar-refractivity contribution in [2.75, 3.05) is 6.16 Å². The van der Waals surface area contributed by atoms with Gasteiger partial charge in [0.05, 0.1) is 0 Å². The number of carboxylic acid groups (broad SMARTS) is 1. The van der Waals surface area contributed by atoms with Crippen LogP contribution in [0.25, 0.3) is 0 Å². The molecule has 0 saturated heterocycles. The number of carbonyl (C=O) groups is 1. The van der Waals surface area contributed by atoms with Crippen LogP contribution >= 0.6 is 7.60 Å². The summed E-state index contributed by atoms with van der Waals surface area (Å²) in [6.07, 6.45) is -1.03. The summed E-state index contributed by atoms with van der Waals surface area (Å²) in [5.41, 5.74) is 1.70. The Labute approximate surface area is 69.5 Å². The Hall–Kier alpha value is -0.420. The van der Waals surface area contributed by atoms with Gasteiger partial charge in [0, 0.05) is 6.42 Å². The molecule has 72 valence electrons. The van der Waals surface area contributed by atoms with Crippen molar-refractivity contribution < 1.29 is 30.0 Å². The van der Waals surface area contributed by atoms with Gasteiger partial charge in [0.15, 0.2) is 0 Å². The van der Waals surface area contributed by atoms with Gasteiger partial charge in [-0.3, -0.25) is 0 Å². The summed E-state index contributed by atoms with van der Waals surface area (Å²) in [6, 6.07) is 0. The van der Waals surface area contributed by atoms with E-state index in [4.69, 9.17) is 0 Å². The lowest BCUT2D eigenvalue weighted by molar-refractivity contribution is -0.481. The molecule has 0 fully saturated rings. The first-order valence-corrected chi connectivity index (χ1v) is 4.96. The largest absolute Gasteiger partial charge is 0.811 e. The first kappa shape index (κ1) is 11.6. The van der Waals surface area contributed by atoms with Gasteiger partial charge in [-0.1, -0.05) is 7.60 Å². The minimum absolute atomic E-state index is 0.320. The second kappa shape index (κ2) is 3.53. The van der Waals surface area contributed by atoms with Crippen LogP contribution in [0, 0.1) is 0 Å². The fraction of sp³-hybridized carbons (Fsp3) is 0.800. The molecule has 0 aromatic carbocycles. The van der Waals surface area contributed by atoms with Crippen molar-refractivity contribution in [1.82, 2.24) is 0 Å². The van der Waals surface area contributed by atoms with Crippen LogP contribution in [0.1, 0.15) is 13.3 Å². The van der Waals surface area contributed by atoms with Crippen LogP contribution in [0.5, 0.6) is 0 Å². The molecule has 7 heteroatoms. The van der Waals surface area contributed by atoms with Crippen molar-refractivity contribution in [1.29, 1.82) is 0 Å². The molecule has 0 aliphatic carbocycles. The Bertz CT molecular complexity index is 220. The smallest absolute Gasteiger partial charge is 0.132 e. The third-order valence-electron chi connectivity index (χ3n) is 1.43. The number of aliphatic carboxylic acids is 1. The zero-order chi connectivity index (χ0) is 9.99. The maximum atomic E-state index is 10.3. The fourth-order valence-corrected chi connectivity index (χ4v) is 1.25. The number of rotatable bonds is 4. The summed E-state index contributed by atoms with van der Waals surface area (Å²) in [7, 11) is -4.63. The first-order chi connectivity index (χ1) is 5.15. The quantitative estimate of drug-likeness (QED) is 0.457. The van der Waals surface area contributed by atoms with Gasteiger partial charge in [-0.05, 0) is 13.1 Å². The van der Waals surface area contributed by atoms with Crippen LogP contribution in [0.3, 0.4) is 0 Å². The zero-order valence-electron chi connectivity index (χ0n) is 6.61. The summed E-state index contributed by atoms with van der Waals surface area (Å²) in [6.45, 7) is 1.21. The molecule has 0 bridgehead atoms. The molecule has 6 nitrogen and oxygen atoms in total. The molecule has 0 saturated carbocycles. The average molecular weight is 195 g/mol. The van der Waals surface area contributed by atoms with E-state index in [1.54, 1.807) is 0 Å². The molecule has 0 aromatic rings. The normalized spacial score (nSPS) is 17.0. The molecule has 0 spiro atoms. The SMILES string of the molecule is C[C@]([NH3+])(CCP(=O)([O-])[O-])C(=O)[O-]. The lowest BCUT2D eigenvalue weighted by atomic mass is 10.0. The molecule has 0 radical (unpaired) electrons. The van der Waals surface area contributed by atoms with Crippen molar-refractivity contribution in [3.8, 4) is 0 Å². The highest BCUT2D eigenvalue weighted by atomic mass is 31.2. The van der Waals surface area contributed by atoms with Gasteiger partial charge in [0.2, 0.25) is 0 Å². The topological polar surface area (TPSA) is 131 Å². The molecule has 0 rings (SSSR count). The van der Waals surface area contributed by atoms with Gasteiger partial charge in [0.1, 0.15) is 11.5 Å². The zero-order valence-corrected chi connectivity index (χ0v) is 7.50. The summed E-state index contributed by atoms with van der Waals surface area (Å²) in [5, 5.41) is 10.3. The van der Waals surface area contributed by atoms with Crippen LogP contribution in [0.4, 0.5) is 0 Å². The van der Waals surface area contributed by atoms with Crippen LogP contribution in [-0.2, 0) is 9.36 Å². The monoisotopic (exact) mass is 195 g/mol. The Kier molecular flexibility index (Phi) is 3.41. The summed E-state index contributed by atoms with van der Waals surface area (Å²) in [5.74, 6) is -1.46. The van der Waals surface area contributed by atoms with Crippen molar-refractivity contribution in [3.63, 3.8) is 0 Å². The van der Waals surface area contributed by atoms with Gasteiger partial charge in [-0.15, -0.1) is 0 Å². The fourth-order valence-electron chi connectivity index (χ4n) is 0.486. The van der Waals surface area contributed by atoms with E-state index < -0.39 is 25.3 Å². The second-order valence-corrected chi connectivity index (χ2v) is 4.60. The highest BCUT2D eigenvalue weighted by Crippen LogP contribution is 2.25. The van der Waals surface area contributed by atoms with Crippen molar-refractivity contribution >= 4 is 13.6 Å². The van der Waals surface area contributed by atoms with Gasteiger partial charge in [-0.25, -0.2) is 0 Å². The molecular weight excluding hydrogens is 185 g/mol. The van der Waals surface area contributed by atoms with E-state index in [9.17, 15) is 24.3 Å². The Morgan fingerprint density at radius 2 is 2.00 bits per heavy atom. The van der Waals surface area contributed by atoms with Crippen LogP contribution in [0.15, 0.2) is 0 Å². The van der Waals surface area contributed by atoms with E-state index in [-0.39, 0.29) is 6.42 Å². The average Bonchev–Trinajstić information content (AvgIpc) is 1.82. The van der Waals surface area contributed by atoms with Gasteiger partial charge >= 0.3 is 0 Å². The molecular formula is C5H10NO5P-2. The van der Waals surface area contributed by atoms with Gasteiger partial charge in [0.25, 0.3) is 0 Å². The highest BCUT2D eigenvalue weighted by molar-refractivity contribution is 7.48. The molecule has 0 aliphatic rings. The van der Waals surface area contributed by atoms with E-state index in [2.05, 4.69) is 5.73 Å². The predicted molar refractivity (Wildman–Crippen MR) is 33.4 cm³/mol. The lowest BCUT2D eigenvalue weighted by Gasteiger charge is -2.32. The molecule has 0 aliphatic heterocycles. The van der Waals surface area contributed by atoms with Crippen molar-refractivity contribution in [3.05, 3.63) is 0 Å². The van der Waals surface area contributed by atoms with Crippen molar-refractivity contribution in [2.24, 2.45) is 0 Å². The minimum atomic E-state index is -4.63. The van der Waals surface area contributed by atoms with Crippen LogP contribution < -0.4 is 20.6 Å². The molecule has 0 aromatic heterocycles. The van der Waals surface area contributed by atoms with Gasteiger partial charge in [-0.2, -0.15) is 0 Å². The summed E-state index contributed by atoms with van der Waals surface area (Å²) < 4.78 is 10.1. The first-order valence-electron chi connectivity index (χ1n) is 3.23. The number of hydrogen-bond donors (Lipinski definition) is 1. The number of carbonyl (C=O) groups excluding carboxylic acids is 1. The van der Waals surface area contributed by atoms with Crippen LogP contribution in [0.2, 0.25) is 0 Å². The number of hydrogen-bond acceptors (Lipinski definition) is 5. The Morgan fingerprint density at radius 3 is 2.25 bits per heavy atom. The maximum absolute atomic E-state index is 10.3. The van der Waals surface area contributed by atoms with E-state index in [1.807, 2.05) is 0 Å². The molecule has 3 N–H and O–H groups in total. The second-order valence-electron chi connectivity index (χ2n) is 2.93. The van der Waals surface area contributed by atoms with Gasteiger partial charge < -0.3 is 30.0 Å². The Morgan fingerprint density at radius 1 is 1.58 bits per heavy atom. The minimum Gasteiger partial charge on any atom is -0.811 e. The number of quaternary nitrogens is 1. The van der Waals surface area contributed by atoms with Crippen LogP contribution in [-0.4, -0.2) is 17.7 Å². The molecule has 0 unspecified atom stereocenters. The van der Waals surface area contributed by atoms with E-state index in [0.29, 0.717) is 0 Å². The summed E-state index contributed by atoms with van der Waals surface area (Å²) in [4.78, 5) is 30.5. The molecule has 0 heterocycles. The third-order valence-corrected chi connectivity index (χ3v) is 2.20. The summed E-state index contributed by atoms with van der Waals surface area (Å²) >= 11 is 0. The van der Waals surface area contributed by atoms with Crippen molar-refractivity contribution in [2.45, 2.75) is 18.9 Å². The lowest BCUT2D eigenvalue weighted by Crippen LogP contribution is -2.78. The standard InChI is InChI=1S/C5H12NO5P/c1-5(6,4(7)8)2-3-12(9,10)11/h2-3,6H2,1H3,(H,7,8)(H2,9,10,11)/p-2/t5-/m0/s1. The molecule has 12 heavy (non-hydrogen) atoms. The maximum Gasteiger partial charge on any atom is 0.132 e.